The maximum absolute atomic E-state index is 15.8. The number of H-pyrrole nitrogens is 1. The number of imide groups is 1. The number of pyridine rings is 1. The van der Waals surface area contributed by atoms with Crippen LogP contribution in [0.15, 0.2) is 73.1 Å². The van der Waals surface area contributed by atoms with Gasteiger partial charge in [-0.05, 0) is 85.3 Å². The first kappa shape index (κ1) is 46.1. The van der Waals surface area contributed by atoms with Crippen molar-refractivity contribution in [1.29, 1.82) is 0 Å². The van der Waals surface area contributed by atoms with Gasteiger partial charge in [-0.15, -0.1) is 0 Å². The molecule has 3 amide bonds. The highest BCUT2D eigenvalue weighted by Gasteiger charge is 2.40. The number of carbonyl (C=O) groups excluding carboxylic acids is 4. The van der Waals surface area contributed by atoms with Gasteiger partial charge < -0.3 is 24.6 Å². The molecule has 5 fully saturated rings. The number of rotatable bonds is 12. The van der Waals surface area contributed by atoms with Crippen LogP contribution < -0.4 is 19.8 Å². The molecule has 0 radical (unpaired) electrons. The molecule has 2 atom stereocenters. The Bertz CT molecular complexity index is 3010. The summed E-state index contributed by atoms with van der Waals surface area (Å²) >= 11 is 0. The van der Waals surface area contributed by atoms with Gasteiger partial charge in [0.25, 0.3) is 5.91 Å². The molecule has 0 saturated carbocycles. The molecular formula is C50H53F3N10O6S. The second kappa shape index (κ2) is 18.4. The standard InChI is InChI=1S/C50H53F3N10O6S/c51-34-11-16-62(29-34)70(68,69)57-42-8-7-41(52)45(46(42)53)47(65)40-24-55-48-39(40)22-32(23-54-48)31-1-3-35(4-2-31)59-14-12-36(13-15-59)60-19-17-58(18-20-60)25-30-26-61(27-30)37-5-6-38-33(21-37)28-63(50(38)67)43-9-10-44(64)56-49(43)66/h1-8,21-24,30,34,36,43,57H,9-20,25-29H2,(H,54,55)(H,56,64,66). The number of nitrogens with one attached hydrogen (secondary N) is 3. The monoisotopic (exact) mass is 978 g/mol. The van der Waals surface area contributed by atoms with E-state index in [0.717, 1.165) is 111 Å². The minimum Gasteiger partial charge on any atom is -0.371 e. The van der Waals surface area contributed by atoms with Crippen molar-refractivity contribution in [3.63, 3.8) is 0 Å². The van der Waals surface area contributed by atoms with E-state index in [9.17, 15) is 32.0 Å². The minimum atomic E-state index is -4.35. The van der Waals surface area contributed by atoms with Gasteiger partial charge in [0.15, 0.2) is 5.82 Å². The molecule has 3 aromatic carbocycles. The van der Waals surface area contributed by atoms with Crippen LogP contribution in [0, 0.1) is 17.6 Å². The summed E-state index contributed by atoms with van der Waals surface area (Å²) in [6.45, 7) is 8.94. The summed E-state index contributed by atoms with van der Waals surface area (Å²) < 4.78 is 73.2. The Morgan fingerprint density at radius 1 is 0.814 bits per heavy atom. The number of amides is 3. The van der Waals surface area contributed by atoms with E-state index in [1.807, 2.05) is 29.0 Å². The summed E-state index contributed by atoms with van der Waals surface area (Å²) in [4.78, 5) is 70.0. The number of hydrogen-bond acceptors (Lipinski definition) is 11. The van der Waals surface area contributed by atoms with Crippen LogP contribution in [0.2, 0.25) is 0 Å². The fourth-order valence-electron chi connectivity index (χ4n) is 11.1. The second-order valence-corrected chi connectivity index (χ2v) is 21.1. The number of hydrogen-bond donors (Lipinski definition) is 3. The predicted octanol–water partition coefficient (Wildman–Crippen LogP) is 4.92. The third kappa shape index (κ3) is 8.79. The first-order chi connectivity index (χ1) is 33.8. The maximum atomic E-state index is 15.8. The number of nitrogens with zero attached hydrogens (tertiary/aromatic N) is 7. The fraction of sp³-hybridized carbons (Fsp3) is 0.420. The van der Waals surface area contributed by atoms with Crippen LogP contribution >= 0.6 is 0 Å². The zero-order valence-electron chi connectivity index (χ0n) is 38.4. The van der Waals surface area contributed by atoms with Crippen molar-refractivity contribution in [3.05, 3.63) is 107 Å². The number of fused-ring (bicyclic) bond motifs is 2. The van der Waals surface area contributed by atoms with Gasteiger partial charge >= 0.3 is 10.2 Å². The van der Waals surface area contributed by atoms with E-state index >= 15 is 8.78 Å². The van der Waals surface area contributed by atoms with Crippen LogP contribution in [0.5, 0.6) is 0 Å². The van der Waals surface area contributed by atoms with Crippen LogP contribution in [-0.4, -0.2) is 151 Å². The summed E-state index contributed by atoms with van der Waals surface area (Å²) in [6, 6.07) is 17.5. The average molecular weight is 979 g/mol. The summed E-state index contributed by atoms with van der Waals surface area (Å²) in [5.41, 5.74) is 4.05. The summed E-state index contributed by atoms with van der Waals surface area (Å²) in [5, 5.41) is 2.71. The molecule has 2 aromatic heterocycles. The largest absolute Gasteiger partial charge is 0.371 e. The SMILES string of the molecule is O=C1CCC(N2Cc3cc(N4CC(CN5CCN(C6CCN(c7ccc(-c8cnc9[nH]cc(C(=O)c%10c(F)ccc(NS(=O)(=O)N%11CCC(F)C%11)c%10F)c9c8)cc7)CC6)CC5)C4)ccc3C2=O)C(=O)N1. The molecule has 0 spiro atoms. The summed E-state index contributed by atoms with van der Waals surface area (Å²) in [6.07, 6.45) is 4.37. The third-order valence-electron chi connectivity index (χ3n) is 15.1. The number of ketones is 1. The molecule has 20 heteroatoms. The highest BCUT2D eigenvalue weighted by atomic mass is 32.2. The number of alkyl halides is 1. The van der Waals surface area contributed by atoms with E-state index in [4.69, 9.17) is 0 Å². The maximum Gasteiger partial charge on any atom is 0.301 e. The number of benzene rings is 3. The molecule has 6 aliphatic rings. The van der Waals surface area contributed by atoms with Crippen molar-refractivity contribution in [2.75, 3.05) is 86.5 Å². The number of halogens is 3. The number of piperidine rings is 2. The van der Waals surface area contributed by atoms with Gasteiger partial charge in [0.2, 0.25) is 17.6 Å². The summed E-state index contributed by atoms with van der Waals surface area (Å²) in [7, 11) is -4.35. The van der Waals surface area contributed by atoms with E-state index in [0.29, 0.717) is 47.1 Å². The molecule has 6 aliphatic heterocycles. The van der Waals surface area contributed by atoms with Crippen LogP contribution in [0.25, 0.3) is 22.2 Å². The molecule has 5 aromatic rings. The Hall–Kier alpha value is -6.35. The van der Waals surface area contributed by atoms with E-state index < -0.39 is 57.0 Å². The molecule has 70 heavy (non-hydrogen) atoms. The van der Waals surface area contributed by atoms with Gasteiger partial charge in [-0.3, -0.25) is 34.1 Å². The molecule has 0 aliphatic carbocycles. The lowest BCUT2D eigenvalue weighted by atomic mass is 9.96. The molecule has 16 nitrogen and oxygen atoms in total. The highest BCUT2D eigenvalue weighted by molar-refractivity contribution is 7.90. The lowest BCUT2D eigenvalue weighted by molar-refractivity contribution is -0.136. The molecule has 11 rings (SSSR count). The van der Waals surface area contributed by atoms with Crippen LogP contribution in [0.4, 0.5) is 30.2 Å². The number of carbonyl (C=O) groups is 4. The van der Waals surface area contributed by atoms with Crippen molar-refractivity contribution in [3.8, 4) is 11.1 Å². The normalized spacial score (nSPS) is 22.2. The zero-order valence-corrected chi connectivity index (χ0v) is 39.2. The fourth-order valence-corrected chi connectivity index (χ4v) is 12.4. The van der Waals surface area contributed by atoms with E-state index in [1.54, 1.807) is 17.2 Å². The van der Waals surface area contributed by atoms with Gasteiger partial charge in [-0.25, -0.2) is 18.2 Å². The molecule has 0 bridgehead atoms. The Morgan fingerprint density at radius 2 is 1.57 bits per heavy atom. The first-order valence-corrected chi connectivity index (χ1v) is 25.5. The Balaban J connectivity index is 0.651. The molecule has 2 unspecified atom stereocenters. The molecular weight excluding hydrogens is 926 g/mol. The van der Waals surface area contributed by atoms with Gasteiger partial charge in [0.05, 0.1) is 11.3 Å². The first-order valence-electron chi connectivity index (χ1n) is 24.0. The highest BCUT2D eigenvalue weighted by Crippen LogP contribution is 2.35. The van der Waals surface area contributed by atoms with Crippen LogP contribution in [0.1, 0.15) is 63.9 Å². The summed E-state index contributed by atoms with van der Waals surface area (Å²) in [5.74, 6) is -3.80. The van der Waals surface area contributed by atoms with Crippen molar-refractivity contribution >= 4 is 61.8 Å². The van der Waals surface area contributed by atoms with E-state index in [1.165, 1.54) is 6.20 Å². The Labute approximate surface area is 402 Å². The lowest BCUT2D eigenvalue weighted by Gasteiger charge is -2.46. The van der Waals surface area contributed by atoms with Gasteiger partial charge in [0, 0.05) is 143 Å². The van der Waals surface area contributed by atoms with Crippen molar-refractivity contribution in [2.24, 2.45) is 5.92 Å². The molecule has 8 heterocycles. The smallest absolute Gasteiger partial charge is 0.301 e. The van der Waals surface area contributed by atoms with Crippen LogP contribution in [-0.2, 0) is 26.3 Å². The van der Waals surface area contributed by atoms with Crippen molar-refractivity contribution < 1.29 is 40.8 Å². The number of anilines is 3. The lowest BCUT2D eigenvalue weighted by Crippen LogP contribution is -2.57. The molecule has 3 N–H and O–H groups in total. The zero-order chi connectivity index (χ0) is 48.4. The predicted molar refractivity (Wildman–Crippen MR) is 256 cm³/mol. The minimum absolute atomic E-state index is 0.00614. The molecule has 366 valence electrons. The topological polar surface area (TPSA) is 175 Å². The van der Waals surface area contributed by atoms with Crippen molar-refractivity contribution in [1.82, 2.24) is 34.3 Å². The Kier molecular flexibility index (Phi) is 12.1. The second-order valence-electron chi connectivity index (χ2n) is 19.4. The van der Waals surface area contributed by atoms with Gasteiger partial charge in [-0.2, -0.15) is 12.7 Å². The quantitative estimate of drug-likeness (QED) is 0.114. The number of aromatic amines is 1. The van der Waals surface area contributed by atoms with Crippen LogP contribution in [0.3, 0.4) is 0 Å². The molecule has 5 saturated heterocycles. The Morgan fingerprint density at radius 3 is 2.30 bits per heavy atom. The number of aromatic nitrogens is 2. The average Bonchev–Trinajstić information content (AvgIpc) is 4.08. The van der Waals surface area contributed by atoms with Crippen molar-refractivity contribution in [2.45, 2.75) is 56.9 Å². The van der Waals surface area contributed by atoms with E-state index in [-0.39, 0.29) is 43.3 Å². The van der Waals surface area contributed by atoms with E-state index in [2.05, 4.69) is 53.1 Å². The number of piperazine rings is 1. The van der Waals surface area contributed by atoms with Gasteiger partial charge in [-0.1, -0.05) is 12.1 Å². The van der Waals surface area contributed by atoms with Gasteiger partial charge in [0.1, 0.15) is 23.7 Å². The third-order valence-corrected chi connectivity index (χ3v) is 16.6.